The summed E-state index contributed by atoms with van der Waals surface area (Å²) in [5.41, 5.74) is 0. The van der Waals surface area contributed by atoms with Crippen molar-refractivity contribution in [1.29, 1.82) is 0 Å². The SMILES string of the molecule is CC(C)NC(=O)NC(=O)C(C)N1CCOC(C(=O)C2CC2)C1. The van der Waals surface area contributed by atoms with Gasteiger partial charge in [-0.3, -0.25) is 19.8 Å². The lowest BCUT2D eigenvalue weighted by Crippen LogP contribution is -2.56. The lowest BCUT2D eigenvalue weighted by molar-refractivity contribution is -0.142. The molecule has 7 nitrogen and oxygen atoms in total. The molecule has 2 unspecified atom stereocenters. The van der Waals surface area contributed by atoms with Gasteiger partial charge in [0.25, 0.3) is 0 Å². The number of ketones is 1. The number of carbonyl (C=O) groups excluding carboxylic acids is 3. The summed E-state index contributed by atoms with van der Waals surface area (Å²) in [6, 6.07) is -1.01. The van der Waals surface area contributed by atoms with Crippen molar-refractivity contribution in [3.05, 3.63) is 0 Å². The largest absolute Gasteiger partial charge is 0.368 e. The van der Waals surface area contributed by atoms with Gasteiger partial charge in [0.15, 0.2) is 5.78 Å². The molecule has 0 spiro atoms. The monoisotopic (exact) mass is 311 g/mol. The third-order valence-corrected chi connectivity index (χ3v) is 3.98. The van der Waals surface area contributed by atoms with Crippen LogP contribution in [-0.4, -0.2) is 60.5 Å². The summed E-state index contributed by atoms with van der Waals surface area (Å²) in [6.07, 6.45) is 1.45. The summed E-state index contributed by atoms with van der Waals surface area (Å²) in [5, 5.41) is 4.94. The zero-order chi connectivity index (χ0) is 16.3. The van der Waals surface area contributed by atoms with E-state index in [1.165, 1.54) is 0 Å². The molecule has 1 heterocycles. The molecule has 1 aliphatic heterocycles. The highest BCUT2D eigenvalue weighted by Gasteiger charge is 2.39. The molecular formula is C15H25N3O4. The van der Waals surface area contributed by atoms with Gasteiger partial charge in [0.2, 0.25) is 5.91 Å². The van der Waals surface area contributed by atoms with Crippen LogP contribution in [0.5, 0.6) is 0 Å². The Labute approximate surface area is 130 Å². The Morgan fingerprint density at radius 3 is 2.45 bits per heavy atom. The van der Waals surface area contributed by atoms with Gasteiger partial charge in [0.05, 0.1) is 12.6 Å². The lowest BCUT2D eigenvalue weighted by Gasteiger charge is -2.35. The molecule has 7 heteroatoms. The third-order valence-electron chi connectivity index (χ3n) is 3.98. The second kappa shape index (κ2) is 7.19. The average molecular weight is 311 g/mol. The van der Waals surface area contributed by atoms with Gasteiger partial charge in [0.1, 0.15) is 6.10 Å². The maximum atomic E-state index is 12.1. The predicted octanol–water partition coefficient (Wildman–Crippen LogP) is 0.289. The van der Waals surface area contributed by atoms with Gasteiger partial charge in [-0.05, 0) is 33.6 Å². The summed E-state index contributed by atoms with van der Waals surface area (Å²) in [6.45, 7) is 6.80. The van der Waals surface area contributed by atoms with Gasteiger partial charge in [-0.15, -0.1) is 0 Å². The number of hydrogen-bond acceptors (Lipinski definition) is 5. The molecule has 124 valence electrons. The molecule has 2 fully saturated rings. The van der Waals surface area contributed by atoms with Crippen LogP contribution in [0.3, 0.4) is 0 Å². The van der Waals surface area contributed by atoms with Crippen LogP contribution in [0.2, 0.25) is 0 Å². The predicted molar refractivity (Wildman–Crippen MR) is 80.3 cm³/mol. The molecule has 2 rings (SSSR count). The maximum absolute atomic E-state index is 12.1. The van der Waals surface area contributed by atoms with Crippen LogP contribution in [0.15, 0.2) is 0 Å². The van der Waals surface area contributed by atoms with E-state index in [1.54, 1.807) is 6.92 Å². The Hall–Kier alpha value is -1.47. The zero-order valence-electron chi connectivity index (χ0n) is 13.4. The number of amides is 3. The van der Waals surface area contributed by atoms with Gasteiger partial charge in [-0.2, -0.15) is 0 Å². The second-order valence-electron chi connectivity index (χ2n) is 6.32. The highest BCUT2D eigenvalue weighted by Crippen LogP contribution is 2.32. The molecule has 0 aromatic rings. The molecule has 2 atom stereocenters. The van der Waals surface area contributed by atoms with Crippen LogP contribution in [0, 0.1) is 5.92 Å². The van der Waals surface area contributed by atoms with Crippen molar-refractivity contribution in [2.45, 2.75) is 51.8 Å². The molecule has 3 amide bonds. The molecule has 2 N–H and O–H groups in total. The number of ether oxygens (including phenoxy) is 1. The first-order chi connectivity index (χ1) is 10.4. The number of Topliss-reactive ketones (excluding diaryl/α,β-unsaturated/α-hetero) is 1. The highest BCUT2D eigenvalue weighted by molar-refractivity contribution is 5.97. The van der Waals surface area contributed by atoms with Crippen molar-refractivity contribution in [1.82, 2.24) is 15.5 Å². The number of morpholine rings is 1. The van der Waals surface area contributed by atoms with E-state index >= 15 is 0 Å². The van der Waals surface area contributed by atoms with E-state index in [1.807, 2.05) is 18.7 Å². The van der Waals surface area contributed by atoms with Crippen LogP contribution < -0.4 is 10.6 Å². The van der Waals surface area contributed by atoms with Crippen LogP contribution in [0.1, 0.15) is 33.6 Å². The molecule has 0 aromatic heterocycles. The fraction of sp³-hybridized carbons (Fsp3) is 0.800. The second-order valence-corrected chi connectivity index (χ2v) is 6.32. The number of nitrogens with one attached hydrogen (secondary N) is 2. The van der Waals surface area contributed by atoms with Crippen LogP contribution in [0.25, 0.3) is 0 Å². The Bertz CT molecular complexity index is 448. The van der Waals surface area contributed by atoms with Crippen LogP contribution >= 0.6 is 0 Å². The van der Waals surface area contributed by atoms with E-state index in [-0.39, 0.29) is 23.7 Å². The topological polar surface area (TPSA) is 87.7 Å². The maximum Gasteiger partial charge on any atom is 0.321 e. The number of nitrogens with zero attached hydrogens (tertiary/aromatic N) is 1. The minimum absolute atomic E-state index is 0.0352. The van der Waals surface area contributed by atoms with Crippen molar-refractivity contribution >= 4 is 17.7 Å². The molecule has 0 aromatic carbocycles. The Morgan fingerprint density at radius 1 is 1.18 bits per heavy atom. The van der Waals surface area contributed by atoms with E-state index in [9.17, 15) is 14.4 Å². The van der Waals surface area contributed by atoms with E-state index in [0.717, 1.165) is 12.8 Å². The van der Waals surface area contributed by atoms with Crippen LogP contribution in [0.4, 0.5) is 4.79 Å². The molecule has 1 aliphatic carbocycles. The fourth-order valence-electron chi connectivity index (χ4n) is 2.50. The number of imide groups is 1. The molecular weight excluding hydrogens is 286 g/mol. The summed E-state index contributed by atoms with van der Waals surface area (Å²) in [7, 11) is 0. The van der Waals surface area contributed by atoms with Gasteiger partial charge in [-0.25, -0.2) is 4.79 Å². The summed E-state index contributed by atoms with van der Waals surface area (Å²) >= 11 is 0. The first kappa shape index (κ1) is 16.9. The number of hydrogen-bond donors (Lipinski definition) is 2. The fourth-order valence-corrected chi connectivity index (χ4v) is 2.50. The third kappa shape index (κ3) is 4.51. The van der Waals surface area contributed by atoms with Gasteiger partial charge in [0, 0.05) is 25.0 Å². The van der Waals surface area contributed by atoms with Crippen molar-refractivity contribution < 1.29 is 19.1 Å². The quantitative estimate of drug-likeness (QED) is 0.762. The van der Waals surface area contributed by atoms with E-state index in [2.05, 4.69) is 10.6 Å². The van der Waals surface area contributed by atoms with Crippen molar-refractivity contribution in [3.63, 3.8) is 0 Å². The molecule has 22 heavy (non-hydrogen) atoms. The first-order valence-electron chi connectivity index (χ1n) is 7.89. The Balaban J connectivity index is 1.85. The van der Waals surface area contributed by atoms with Gasteiger partial charge >= 0.3 is 6.03 Å². The number of urea groups is 1. The number of carbonyl (C=O) groups is 3. The van der Waals surface area contributed by atoms with E-state index < -0.39 is 18.2 Å². The smallest absolute Gasteiger partial charge is 0.321 e. The summed E-state index contributed by atoms with van der Waals surface area (Å²) in [5.74, 6) is -0.0709. The Kier molecular flexibility index (Phi) is 5.52. The highest BCUT2D eigenvalue weighted by atomic mass is 16.5. The van der Waals surface area contributed by atoms with Crippen LogP contribution in [-0.2, 0) is 14.3 Å². The van der Waals surface area contributed by atoms with E-state index in [4.69, 9.17) is 4.74 Å². The minimum Gasteiger partial charge on any atom is -0.368 e. The van der Waals surface area contributed by atoms with E-state index in [0.29, 0.717) is 19.7 Å². The zero-order valence-corrected chi connectivity index (χ0v) is 13.4. The summed E-state index contributed by atoms with van der Waals surface area (Å²) in [4.78, 5) is 37.7. The van der Waals surface area contributed by atoms with Crippen molar-refractivity contribution in [3.8, 4) is 0 Å². The normalized spacial score (nSPS) is 23.9. The molecule has 0 radical (unpaired) electrons. The van der Waals surface area contributed by atoms with Gasteiger partial charge in [-0.1, -0.05) is 0 Å². The Morgan fingerprint density at radius 2 is 1.86 bits per heavy atom. The average Bonchev–Trinajstić information content (AvgIpc) is 3.29. The number of rotatable bonds is 5. The molecule has 1 saturated heterocycles. The summed E-state index contributed by atoms with van der Waals surface area (Å²) < 4.78 is 5.53. The van der Waals surface area contributed by atoms with Crippen molar-refractivity contribution in [2.24, 2.45) is 5.92 Å². The first-order valence-corrected chi connectivity index (χ1v) is 7.89. The minimum atomic E-state index is -0.495. The standard InChI is InChI=1S/C15H25N3O4/c1-9(2)16-15(21)17-14(20)10(3)18-6-7-22-12(8-18)13(19)11-4-5-11/h9-12H,4-8H2,1-3H3,(H2,16,17,20,21). The van der Waals surface area contributed by atoms with Crippen molar-refractivity contribution in [2.75, 3.05) is 19.7 Å². The molecule has 0 bridgehead atoms. The van der Waals surface area contributed by atoms with Gasteiger partial charge < -0.3 is 10.1 Å². The lowest BCUT2D eigenvalue weighted by atomic mass is 10.1. The molecule has 2 aliphatic rings. The molecule has 1 saturated carbocycles.